The zero-order chi connectivity index (χ0) is 11.9. The Morgan fingerprint density at radius 1 is 1.62 bits per heavy atom. The minimum atomic E-state index is -0.426. The first-order valence-electron chi connectivity index (χ1n) is 5.28. The Kier molecular flexibility index (Phi) is 2.33. The summed E-state index contributed by atoms with van der Waals surface area (Å²) >= 11 is 0. The molecule has 16 heavy (non-hydrogen) atoms. The van der Waals surface area contributed by atoms with Crippen molar-refractivity contribution in [1.82, 2.24) is 4.98 Å². The van der Waals surface area contributed by atoms with E-state index >= 15 is 0 Å². The number of aromatic nitrogens is 1. The third kappa shape index (κ3) is 1.98. The first-order chi connectivity index (χ1) is 7.40. The summed E-state index contributed by atoms with van der Waals surface area (Å²) in [4.78, 5) is 14.2. The van der Waals surface area contributed by atoms with Crippen LogP contribution in [-0.2, 0) is 0 Å². The second-order valence-corrected chi connectivity index (χ2v) is 5.01. The molecule has 0 spiro atoms. The summed E-state index contributed by atoms with van der Waals surface area (Å²) < 4.78 is 0. The SMILES string of the molecule is Cc1cc([N+](=O)[O-])cnc1NC1CC1(C)C. The van der Waals surface area contributed by atoms with Crippen LogP contribution in [0.2, 0.25) is 0 Å². The molecule has 0 radical (unpaired) electrons. The van der Waals surface area contributed by atoms with Crippen molar-refractivity contribution in [1.29, 1.82) is 0 Å². The van der Waals surface area contributed by atoms with Gasteiger partial charge in [-0.05, 0) is 24.3 Å². The lowest BCUT2D eigenvalue weighted by Gasteiger charge is -2.09. The standard InChI is InChI=1S/C11H15N3O2/c1-7-4-8(14(15)16)6-12-10(7)13-9-5-11(9,2)3/h4,6,9H,5H2,1-3H3,(H,12,13). The molecule has 0 aromatic carbocycles. The molecule has 1 atom stereocenters. The number of nitrogens with one attached hydrogen (secondary N) is 1. The Balaban J connectivity index is 2.14. The Morgan fingerprint density at radius 3 is 2.69 bits per heavy atom. The van der Waals surface area contributed by atoms with Crippen molar-refractivity contribution in [2.45, 2.75) is 33.2 Å². The Morgan fingerprint density at radius 2 is 2.25 bits per heavy atom. The van der Waals surface area contributed by atoms with Crippen LogP contribution in [0.1, 0.15) is 25.8 Å². The molecule has 1 aromatic heterocycles. The van der Waals surface area contributed by atoms with Gasteiger partial charge in [-0.1, -0.05) is 13.8 Å². The fraction of sp³-hybridized carbons (Fsp3) is 0.545. The van der Waals surface area contributed by atoms with Gasteiger partial charge in [-0.3, -0.25) is 10.1 Å². The lowest BCUT2D eigenvalue weighted by molar-refractivity contribution is -0.385. The smallest absolute Gasteiger partial charge is 0.287 e. The zero-order valence-corrected chi connectivity index (χ0v) is 9.65. The van der Waals surface area contributed by atoms with E-state index in [9.17, 15) is 10.1 Å². The summed E-state index contributed by atoms with van der Waals surface area (Å²) in [5.74, 6) is 0.751. The van der Waals surface area contributed by atoms with Crippen molar-refractivity contribution in [3.8, 4) is 0 Å². The second-order valence-electron chi connectivity index (χ2n) is 5.01. The maximum atomic E-state index is 10.5. The Labute approximate surface area is 94.0 Å². The summed E-state index contributed by atoms with van der Waals surface area (Å²) in [7, 11) is 0. The number of pyridine rings is 1. The van der Waals surface area contributed by atoms with Gasteiger partial charge in [0, 0.05) is 12.1 Å². The molecular weight excluding hydrogens is 206 g/mol. The van der Waals surface area contributed by atoms with Gasteiger partial charge in [-0.2, -0.15) is 0 Å². The first kappa shape index (κ1) is 10.9. The minimum Gasteiger partial charge on any atom is -0.367 e. The van der Waals surface area contributed by atoms with Crippen LogP contribution in [0.25, 0.3) is 0 Å². The summed E-state index contributed by atoms with van der Waals surface area (Å²) in [6.45, 7) is 6.20. The molecule has 0 saturated heterocycles. The molecular formula is C11H15N3O2. The van der Waals surface area contributed by atoms with Crippen molar-refractivity contribution >= 4 is 11.5 Å². The average Bonchev–Trinajstić information content (AvgIpc) is 2.77. The van der Waals surface area contributed by atoms with E-state index in [0.29, 0.717) is 11.5 Å². The van der Waals surface area contributed by atoms with E-state index < -0.39 is 4.92 Å². The van der Waals surface area contributed by atoms with Crippen LogP contribution in [0, 0.1) is 22.5 Å². The van der Waals surface area contributed by atoms with Crippen molar-refractivity contribution < 1.29 is 4.92 Å². The molecule has 2 rings (SSSR count). The number of aryl methyl sites for hydroxylation is 1. The molecule has 5 heteroatoms. The normalized spacial score (nSPS) is 21.6. The number of anilines is 1. The van der Waals surface area contributed by atoms with E-state index in [1.165, 1.54) is 6.20 Å². The predicted molar refractivity (Wildman–Crippen MR) is 61.4 cm³/mol. The number of nitro groups is 1. The van der Waals surface area contributed by atoms with Crippen molar-refractivity contribution in [2.24, 2.45) is 5.41 Å². The molecule has 1 saturated carbocycles. The van der Waals surface area contributed by atoms with E-state index in [1.807, 2.05) is 6.92 Å². The fourth-order valence-corrected chi connectivity index (χ4v) is 1.69. The molecule has 1 aromatic rings. The highest BCUT2D eigenvalue weighted by Gasteiger charge is 2.46. The van der Waals surface area contributed by atoms with Gasteiger partial charge >= 0.3 is 0 Å². The highest BCUT2D eigenvalue weighted by atomic mass is 16.6. The average molecular weight is 221 g/mol. The lowest BCUT2D eigenvalue weighted by Crippen LogP contribution is -2.10. The van der Waals surface area contributed by atoms with Crippen LogP contribution < -0.4 is 5.32 Å². The molecule has 1 aliphatic rings. The highest BCUT2D eigenvalue weighted by Crippen LogP contribution is 2.46. The van der Waals surface area contributed by atoms with Crippen LogP contribution in [0.5, 0.6) is 0 Å². The molecule has 5 nitrogen and oxygen atoms in total. The predicted octanol–water partition coefficient (Wildman–Crippen LogP) is 2.51. The number of hydrogen-bond donors (Lipinski definition) is 1. The second kappa shape index (κ2) is 3.43. The van der Waals surface area contributed by atoms with Gasteiger partial charge in [0.2, 0.25) is 0 Å². The van der Waals surface area contributed by atoms with Crippen molar-refractivity contribution in [2.75, 3.05) is 5.32 Å². The number of hydrogen-bond acceptors (Lipinski definition) is 4. The third-order valence-corrected chi connectivity index (χ3v) is 3.10. The van der Waals surface area contributed by atoms with E-state index in [4.69, 9.17) is 0 Å². The molecule has 1 heterocycles. The van der Waals surface area contributed by atoms with Crippen LogP contribution in [0.15, 0.2) is 12.3 Å². The molecule has 0 aliphatic heterocycles. The van der Waals surface area contributed by atoms with Crippen molar-refractivity contribution in [3.63, 3.8) is 0 Å². The van der Waals surface area contributed by atoms with E-state index in [2.05, 4.69) is 24.1 Å². The maximum Gasteiger partial charge on any atom is 0.287 e. The number of nitrogens with zero attached hydrogens (tertiary/aromatic N) is 2. The monoisotopic (exact) mass is 221 g/mol. The van der Waals surface area contributed by atoms with Gasteiger partial charge in [0.1, 0.15) is 12.0 Å². The molecule has 86 valence electrons. The van der Waals surface area contributed by atoms with Gasteiger partial charge in [-0.25, -0.2) is 4.98 Å². The molecule has 1 fully saturated rings. The van der Waals surface area contributed by atoms with Gasteiger partial charge in [0.25, 0.3) is 5.69 Å². The minimum absolute atomic E-state index is 0.0399. The van der Waals surface area contributed by atoms with Crippen LogP contribution in [0.3, 0.4) is 0 Å². The van der Waals surface area contributed by atoms with Gasteiger partial charge in [0.05, 0.1) is 4.92 Å². The summed E-state index contributed by atoms with van der Waals surface area (Å²) in [5.41, 5.74) is 1.17. The molecule has 0 amide bonds. The van der Waals surface area contributed by atoms with Gasteiger partial charge in [-0.15, -0.1) is 0 Å². The molecule has 0 bridgehead atoms. The first-order valence-corrected chi connectivity index (χ1v) is 5.28. The van der Waals surface area contributed by atoms with Crippen LogP contribution >= 0.6 is 0 Å². The topological polar surface area (TPSA) is 68.1 Å². The summed E-state index contributed by atoms with van der Waals surface area (Å²) in [6.07, 6.45) is 2.41. The van der Waals surface area contributed by atoms with Gasteiger partial charge in [0.15, 0.2) is 0 Å². The molecule has 1 N–H and O–H groups in total. The Hall–Kier alpha value is -1.65. The molecule has 1 unspecified atom stereocenters. The van der Waals surface area contributed by atoms with Crippen molar-refractivity contribution in [3.05, 3.63) is 27.9 Å². The summed E-state index contributed by atoms with van der Waals surface area (Å²) in [6, 6.07) is 1.98. The lowest BCUT2D eigenvalue weighted by atomic mass is 10.2. The quantitative estimate of drug-likeness (QED) is 0.629. The van der Waals surface area contributed by atoms with Crippen LogP contribution in [0.4, 0.5) is 11.5 Å². The fourth-order valence-electron chi connectivity index (χ4n) is 1.69. The van der Waals surface area contributed by atoms with Gasteiger partial charge < -0.3 is 5.32 Å². The largest absolute Gasteiger partial charge is 0.367 e. The summed E-state index contributed by atoms with van der Waals surface area (Å²) in [5, 5.41) is 13.9. The van der Waals surface area contributed by atoms with E-state index in [-0.39, 0.29) is 5.69 Å². The molecule has 1 aliphatic carbocycles. The highest BCUT2D eigenvalue weighted by molar-refractivity contribution is 5.50. The Bertz CT molecular complexity index is 443. The van der Waals surface area contributed by atoms with Crippen LogP contribution in [-0.4, -0.2) is 15.9 Å². The number of rotatable bonds is 3. The maximum absolute atomic E-state index is 10.5. The van der Waals surface area contributed by atoms with E-state index in [1.54, 1.807) is 6.07 Å². The zero-order valence-electron chi connectivity index (χ0n) is 9.65. The third-order valence-electron chi connectivity index (χ3n) is 3.10. The van der Waals surface area contributed by atoms with E-state index in [0.717, 1.165) is 17.8 Å².